The smallest absolute Gasteiger partial charge is 0.389 e. The van der Waals surface area contributed by atoms with Gasteiger partial charge in [0.25, 0.3) is 0 Å². The summed E-state index contributed by atoms with van der Waals surface area (Å²) in [6.07, 6.45) is -2.86. The Morgan fingerprint density at radius 3 is 2.60 bits per heavy atom. The quantitative estimate of drug-likeness (QED) is 0.700. The topological polar surface area (TPSA) is 43.8 Å². The number of thiocarbonyl (C=S) groups is 1. The average Bonchev–Trinajstić information content (AvgIpc) is 2.79. The first kappa shape index (κ1) is 14.4. The lowest BCUT2D eigenvalue weighted by Gasteiger charge is -2.08. The van der Waals surface area contributed by atoms with Gasteiger partial charge in [-0.2, -0.15) is 18.3 Å². The summed E-state index contributed by atoms with van der Waals surface area (Å²) in [4.78, 5) is -0.0253. The van der Waals surface area contributed by atoms with E-state index < -0.39 is 17.6 Å². The fraction of sp³-hybridized carbons (Fsp3) is 0.167. The van der Waals surface area contributed by atoms with Gasteiger partial charge < -0.3 is 5.73 Å². The second-order valence-corrected chi connectivity index (χ2v) is 4.53. The fourth-order valence-electron chi connectivity index (χ4n) is 1.69. The van der Waals surface area contributed by atoms with Gasteiger partial charge in [0.15, 0.2) is 0 Å². The van der Waals surface area contributed by atoms with Crippen molar-refractivity contribution in [2.24, 2.45) is 5.73 Å². The van der Waals surface area contributed by atoms with Gasteiger partial charge in [-0.25, -0.2) is 4.39 Å². The molecule has 3 nitrogen and oxygen atoms in total. The number of hydrogen-bond acceptors (Lipinski definition) is 2. The summed E-state index contributed by atoms with van der Waals surface area (Å²) >= 11 is 4.79. The maximum absolute atomic E-state index is 13.1. The van der Waals surface area contributed by atoms with Gasteiger partial charge in [0.2, 0.25) is 0 Å². The maximum atomic E-state index is 13.1. The molecular formula is C12H9F4N3S. The molecule has 2 N–H and O–H groups in total. The van der Waals surface area contributed by atoms with Gasteiger partial charge in [-0.3, -0.25) is 4.68 Å². The van der Waals surface area contributed by atoms with Crippen LogP contribution in [0.4, 0.5) is 17.6 Å². The summed E-state index contributed by atoms with van der Waals surface area (Å²) in [7, 11) is 0. The Morgan fingerprint density at radius 2 is 2.05 bits per heavy atom. The predicted octanol–water partition coefficient (Wildman–Crippen LogP) is 2.72. The third-order valence-corrected chi connectivity index (χ3v) is 2.85. The molecule has 20 heavy (non-hydrogen) atoms. The number of rotatable bonds is 3. The summed E-state index contributed by atoms with van der Waals surface area (Å²) < 4.78 is 51.6. The van der Waals surface area contributed by atoms with Crippen LogP contribution in [0.25, 0.3) is 0 Å². The molecule has 2 rings (SSSR count). The van der Waals surface area contributed by atoms with Crippen LogP contribution in [0.1, 0.15) is 16.7 Å². The molecule has 0 saturated heterocycles. The first-order valence-electron chi connectivity index (χ1n) is 5.45. The van der Waals surface area contributed by atoms with Crippen molar-refractivity contribution in [2.45, 2.75) is 12.7 Å². The van der Waals surface area contributed by atoms with Crippen LogP contribution in [0.15, 0.2) is 30.6 Å². The SMILES string of the molecule is NC(=S)c1cc(F)ccc1Cn1cc(C(F)(F)F)cn1. The standard InChI is InChI=1S/C12H9F4N3S/c13-9-2-1-7(10(3-9)11(17)20)5-19-6-8(4-18-19)12(14,15)16/h1-4,6H,5H2,(H2,17,20). The lowest BCUT2D eigenvalue weighted by Crippen LogP contribution is -2.14. The van der Waals surface area contributed by atoms with Crippen LogP contribution < -0.4 is 5.73 Å². The van der Waals surface area contributed by atoms with Gasteiger partial charge >= 0.3 is 6.18 Å². The second-order valence-electron chi connectivity index (χ2n) is 4.09. The molecule has 8 heteroatoms. The number of benzene rings is 1. The van der Waals surface area contributed by atoms with Crippen molar-refractivity contribution in [3.63, 3.8) is 0 Å². The molecular weight excluding hydrogens is 294 g/mol. The third-order valence-electron chi connectivity index (χ3n) is 2.63. The molecule has 1 heterocycles. The number of halogens is 4. The Hall–Kier alpha value is -1.96. The zero-order chi connectivity index (χ0) is 14.9. The van der Waals surface area contributed by atoms with Crippen LogP contribution in [0.3, 0.4) is 0 Å². The van der Waals surface area contributed by atoms with Gasteiger partial charge in [0.05, 0.1) is 18.3 Å². The second kappa shape index (κ2) is 5.20. The van der Waals surface area contributed by atoms with Crippen LogP contribution in [0, 0.1) is 5.82 Å². The average molecular weight is 303 g/mol. The van der Waals surface area contributed by atoms with E-state index in [2.05, 4.69) is 5.10 Å². The first-order valence-corrected chi connectivity index (χ1v) is 5.86. The molecule has 0 atom stereocenters. The van der Waals surface area contributed by atoms with Crippen molar-refractivity contribution in [1.29, 1.82) is 0 Å². The normalized spacial score (nSPS) is 11.6. The molecule has 1 aromatic heterocycles. The molecule has 0 aliphatic carbocycles. The summed E-state index contributed by atoms with van der Waals surface area (Å²) in [5, 5.41) is 3.62. The number of hydrogen-bond donors (Lipinski definition) is 1. The van der Waals surface area contributed by atoms with E-state index in [1.165, 1.54) is 12.1 Å². The Morgan fingerprint density at radius 1 is 1.35 bits per heavy atom. The van der Waals surface area contributed by atoms with Gasteiger partial charge in [0.1, 0.15) is 10.8 Å². The van der Waals surface area contributed by atoms with Crippen molar-refractivity contribution in [2.75, 3.05) is 0 Å². The summed E-state index contributed by atoms with van der Waals surface area (Å²) in [6, 6.07) is 3.75. The van der Waals surface area contributed by atoms with E-state index in [-0.39, 0.29) is 17.1 Å². The Kier molecular flexibility index (Phi) is 3.76. The molecule has 0 aliphatic heterocycles. The molecule has 0 bridgehead atoms. The van der Waals surface area contributed by atoms with Crippen molar-refractivity contribution >= 4 is 17.2 Å². The molecule has 0 fully saturated rings. The lowest BCUT2D eigenvalue weighted by molar-refractivity contribution is -0.137. The summed E-state index contributed by atoms with van der Waals surface area (Å²) in [5.74, 6) is -0.520. The number of nitrogens with zero attached hydrogens (tertiary/aromatic N) is 2. The lowest BCUT2D eigenvalue weighted by atomic mass is 10.1. The highest BCUT2D eigenvalue weighted by molar-refractivity contribution is 7.80. The highest BCUT2D eigenvalue weighted by atomic mass is 32.1. The van der Waals surface area contributed by atoms with E-state index in [9.17, 15) is 17.6 Å². The molecule has 0 spiro atoms. The molecule has 0 saturated carbocycles. The number of alkyl halides is 3. The molecule has 106 valence electrons. The largest absolute Gasteiger partial charge is 0.419 e. The maximum Gasteiger partial charge on any atom is 0.419 e. The van der Waals surface area contributed by atoms with Crippen molar-refractivity contribution in [3.05, 3.63) is 53.1 Å². The minimum absolute atomic E-state index is 0.0169. The molecule has 0 radical (unpaired) electrons. The van der Waals surface area contributed by atoms with E-state index >= 15 is 0 Å². The van der Waals surface area contributed by atoms with E-state index in [0.717, 1.165) is 23.1 Å². The Balaban J connectivity index is 2.31. The molecule has 0 amide bonds. The predicted molar refractivity (Wildman–Crippen MR) is 68.6 cm³/mol. The Labute approximate surface area is 117 Å². The summed E-state index contributed by atoms with van der Waals surface area (Å²) in [6.45, 7) is 0.0169. The van der Waals surface area contributed by atoms with Crippen LogP contribution >= 0.6 is 12.2 Å². The van der Waals surface area contributed by atoms with Crippen molar-refractivity contribution < 1.29 is 17.6 Å². The minimum Gasteiger partial charge on any atom is -0.389 e. The monoisotopic (exact) mass is 303 g/mol. The molecule has 0 unspecified atom stereocenters. The van der Waals surface area contributed by atoms with Crippen molar-refractivity contribution in [3.8, 4) is 0 Å². The van der Waals surface area contributed by atoms with Gasteiger partial charge in [-0.05, 0) is 17.7 Å². The van der Waals surface area contributed by atoms with Crippen LogP contribution in [0.5, 0.6) is 0 Å². The van der Waals surface area contributed by atoms with E-state index in [1.807, 2.05) is 0 Å². The first-order chi connectivity index (χ1) is 9.27. The fourth-order valence-corrected chi connectivity index (χ4v) is 1.88. The number of aromatic nitrogens is 2. The Bertz CT molecular complexity index is 648. The third kappa shape index (κ3) is 3.13. The van der Waals surface area contributed by atoms with Crippen LogP contribution in [-0.4, -0.2) is 14.8 Å². The highest BCUT2D eigenvalue weighted by Gasteiger charge is 2.32. The summed E-state index contributed by atoms with van der Waals surface area (Å²) in [5.41, 5.74) is 5.39. The van der Waals surface area contributed by atoms with Crippen LogP contribution in [-0.2, 0) is 12.7 Å². The van der Waals surface area contributed by atoms with Crippen LogP contribution in [0.2, 0.25) is 0 Å². The van der Waals surface area contributed by atoms with E-state index in [0.29, 0.717) is 5.56 Å². The molecule has 1 aromatic carbocycles. The van der Waals surface area contributed by atoms with Gasteiger partial charge in [-0.1, -0.05) is 18.3 Å². The minimum atomic E-state index is -4.45. The van der Waals surface area contributed by atoms with Gasteiger partial charge in [-0.15, -0.1) is 0 Å². The highest BCUT2D eigenvalue weighted by Crippen LogP contribution is 2.28. The zero-order valence-corrected chi connectivity index (χ0v) is 10.8. The van der Waals surface area contributed by atoms with Gasteiger partial charge in [0, 0.05) is 11.8 Å². The molecule has 0 aliphatic rings. The van der Waals surface area contributed by atoms with E-state index in [4.69, 9.17) is 18.0 Å². The van der Waals surface area contributed by atoms with Crippen molar-refractivity contribution in [1.82, 2.24) is 9.78 Å². The van der Waals surface area contributed by atoms with E-state index in [1.54, 1.807) is 0 Å². The molecule has 2 aromatic rings. The number of nitrogens with two attached hydrogens (primary N) is 1. The zero-order valence-electron chi connectivity index (χ0n) is 9.99.